The maximum absolute atomic E-state index is 12.3. The van der Waals surface area contributed by atoms with E-state index in [1.165, 1.54) is 23.1 Å². The van der Waals surface area contributed by atoms with Gasteiger partial charge in [-0.05, 0) is 50.6 Å². The number of nitrogens with zero attached hydrogens (tertiary/aromatic N) is 1. The van der Waals surface area contributed by atoms with Crippen LogP contribution in [-0.4, -0.2) is 21.1 Å². The topological polar surface area (TPSA) is 74.8 Å². The molecule has 8 heteroatoms. The Bertz CT molecular complexity index is 1010. The normalized spacial score (nSPS) is 12.3. The van der Waals surface area contributed by atoms with Gasteiger partial charge in [0.05, 0.1) is 16.4 Å². The molecule has 0 saturated carbocycles. The van der Waals surface area contributed by atoms with Gasteiger partial charge in [-0.15, -0.1) is 23.1 Å². The number of rotatable bonds is 5. The number of halogens is 1. The van der Waals surface area contributed by atoms with Crippen molar-refractivity contribution >= 4 is 56.5 Å². The molecule has 0 aliphatic rings. The van der Waals surface area contributed by atoms with Crippen molar-refractivity contribution < 1.29 is 4.79 Å². The molecule has 1 atom stereocenters. The van der Waals surface area contributed by atoms with Crippen LogP contribution in [0, 0.1) is 13.8 Å². The van der Waals surface area contributed by atoms with Gasteiger partial charge in [0.1, 0.15) is 10.7 Å². The molecule has 0 bridgehead atoms. The van der Waals surface area contributed by atoms with Crippen LogP contribution in [0.4, 0.5) is 5.69 Å². The van der Waals surface area contributed by atoms with Crippen molar-refractivity contribution in [1.29, 1.82) is 0 Å². The van der Waals surface area contributed by atoms with E-state index in [1.54, 1.807) is 24.3 Å². The number of anilines is 1. The van der Waals surface area contributed by atoms with E-state index < -0.39 is 0 Å². The zero-order valence-corrected chi connectivity index (χ0v) is 16.9. The van der Waals surface area contributed by atoms with E-state index in [9.17, 15) is 9.59 Å². The van der Waals surface area contributed by atoms with Crippen molar-refractivity contribution in [3.05, 3.63) is 55.9 Å². The highest BCUT2D eigenvalue weighted by Crippen LogP contribution is 2.26. The van der Waals surface area contributed by atoms with Crippen molar-refractivity contribution in [3.63, 3.8) is 0 Å². The molecular weight excluding hydrogens is 390 g/mol. The minimum atomic E-state index is -0.293. The summed E-state index contributed by atoms with van der Waals surface area (Å²) in [6.07, 6.45) is 0. The van der Waals surface area contributed by atoms with Crippen molar-refractivity contribution in [2.45, 2.75) is 31.8 Å². The molecule has 0 spiro atoms. The second kappa shape index (κ2) is 7.82. The van der Waals surface area contributed by atoms with E-state index in [4.69, 9.17) is 11.6 Å². The van der Waals surface area contributed by atoms with Crippen LogP contribution < -0.4 is 10.9 Å². The van der Waals surface area contributed by atoms with Crippen molar-refractivity contribution in [2.75, 3.05) is 5.32 Å². The van der Waals surface area contributed by atoms with Crippen LogP contribution in [0.1, 0.15) is 23.2 Å². The van der Waals surface area contributed by atoms with E-state index >= 15 is 0 Å². The summed E-state index contributed by atoms with van der Waals surface area (Å²) in [6.45, 7) is 5.74. The third-order valence-electron chi connectivity index (χ3n) is 4.04. The van der Waals surface area contributed by atoms with Gasteiger partial charge in [-0.1, -0.05) is 11.6 Å². The van der Waals surface area contributed by atoms with E-state index in [-0.39, 0.29) is 16.7 Å². The lowest BCUT2D eigenvalue weighted by Gasteiger charge is -2.12. The number of carbonyl (C=O) groups is 1. The number of aryl methyl sites for hydroxylation is 2. The number of amides is 1. The SMILES string of the molecule is Cc1sc2nc(CS[C@H](C)C(=O)Nc3ccc(Cl)cc3)[nH]c(=O)c2c1C. The van der Waals surface area contributed by atoms with Gasteiger partial charge in [-0.3, -0.25) is 9.59 Å². The number of thioether (sulfide) groups is 1. The number of aromatic amines is 1. The molecule has 0 aliphatic heterocycles. The number of thiophene rings is 1. The summed E-state index contributed by atoms with van der Waals surface area (Å²) in [7, 11) is 0. The Hall–Kier alpha value is -1.83. The molecular formula is C18H18ClN3O2S2. The van der Waals surface area contributed by atoms with E-state index in [1.807, 2.05) is 20.8 Å². The Morgan fingerprint density at radius 1 is 1.35 bits per heavy atom. The van der Waals surface area contributed by atoms with E-state index in [2.05, 4.69) is 15.3 Å². The number of hydrogen-bond donors (Lipinski definition) is 2. The van der Waals surface area contributed by atoms with Crippen LogP contribution in [0.15, 0.2) is 29.1 Å². The standard InChI is InChI=1S/C18H18ClN3O2S2/c1-9-10(2)26-18-15(9)17(24)21-14(22-18)8-25-11(3)16(23)20-13-6-4-12(19)5-7-13/h4-7,11H,8H2,1-3H3,(H,20,23)(H,21,22,24)/t11-/m1/s1. The number of benzene rings is 1. The minimum absolute atomic E-state index is 0.108. The summed E-state index contributed by atoms with van der Waals surface area (Å²) < 4.78 is 0. The highest BCUT2D eigenvalue weighted by Gasteiger charge is 2.16. The first-order valence-electron chi connectivity index (χ1n) is 8.02. The van der Waals surface area contributed by atoms with Crippen LogP contribution in [0.3, 0.4) is 0 Å². The molecule has 26 heavy (non-hydrogen) atoms. The molecule has 0 aliphatic carbocycles. The summed E-state index contributed by atoms with van der Waals surface area (Å²) in [4.78, 5) is 33.8. The molecule has 1 amide bonds. The van der Waals surface area contributed by atoms with Crippen LogP contribution in [0.25, 0.3) is 10.2 Å². The summed E-state index contributed by atoms with van der Waals surface area (Å²) >= 11 is 8.78. The average molecular weight is 408 g/mol. The van der Waals surface area contributed by atoms with Gasteiger partial charge in [-0.25, -0.2) is 4.98 Å². The number of nitrogens with one attached hydrogen (secondary N) is 2. The number of H-pyrrole nitrogens is 1. The Balaban J connectivity index is 1.66. The second-order valence-corrected chi connectivity index (χ2v) is 8.89. The number of fused-ring (bicyclic) bond motifs is 1. The predicted octanol–water partition coefficient (Wildman–Crippen LogP) is 4.52. The van der Waals surface area contributed by atoms with Crippen molar-refractivity contribution in [2.24, 2.45) is 0 Å². The molecule has 2 N–H and O–H groups in total. The summed E-state index contributed by atoms with van der Waals surface area (Å²) in [5, 5.41) is 3.84. The Kier molecular flexibility index (Phi) is 5.70. The lowest BCUT2D eigenvalue weighted by atomic mass is 10.2. The monoisotopic (exact) mass is 407 g/mol. The largest absolute Gasteiger partial charge is 0.325 e. The maximum Gasteiger partial charge on any atom is 0.259 e. The molecule has 0 unspecified atom stereocenters. The van der Waals surface area contributed by atoms with E-state index in [0.717, 1.165) is 15.3 Å². The maximum atomic E-state index is 12.3. The summed E-state index contributed by atoms with van der Waals surface area (Å²) in [5.41, 5.74) is 1.56. The van der Waals surface area contributed by atoms with Gasteiger partial charge in [0, 0.05) is 15.6 Å². The predicted molar refractivity (Wildman–Crippen MR) is 111 cm³/mol. The molecule has 3 rings (SSSR count). The third-order valence-corrected chi connectivity index (χ3v) is 6.55. The van der Waals surface area contributed by atoms with Gasteiger partial charge in [0.2, 0.25) is 5.91 Å². The lowest BCUT2D eigenvalue weighted by Crippen LogP contribution is -2.23. The number of carbonyl (C=O) groups excluding carboxylic acids is 1. The third kappa shape index (κ3) is 4.11. The first kappa shape index (κ1) is 18.9. The molecule has 2 heterocycles. The Morgan fingerprint density at radius 2 is 2.04 bits per heavy atom. The molecule has 136 valence electrons. The van der Waals surface area contributed by atoms with Crippen LogP contribution in [0.5, 0.6) is 0 Å². The zero-order valence-electron chi connectivity index (χ0n) is 14.6. The quantitative estimate of drug-likeness (QED) is 0.652. The number of hydrogen-bond acceptors (Lipinski definition) is 5. The Morgan fingerprint density at radius 3 is 2.73 bits per heavy atom. The zero-order chi connectivity index (χ0) is 18.8. The lowest BCUT2D eigenvalue weighted by molar-refractivity contribution is -0.115. The van der Waals surface area contributed by atoms with Crippen LogP contribution in [-0.2, 0) is 10.5 Å². The fourth-order valence-corrected chi connectivity index (χ4v) is 4.35. The van der Waals surface area contributed by atoms with Gasteiger partial charge in [-0.2, -0.15) is 0 Å². The molecule has 3 aromatic rings. The molecule has 0 fully saturated rings. The van der Waals surface area contributed by atoms with Gasteiger partial charge < -0.3 is 10.3 Å². The average Bonchev–Trinajstić information content (AvgIpc) is 2.89. The molecule has 0 saturated heterocycles. The van der Waals surface area contributed by atoms with E-state index in [0.29, 0.717) is 27.7 Å². The highest BCUT2D eigenvalue weighted by atomic mass is 35.5. The smallest absolute Gasteiger partial charge is 0.259 e. The highest BCUT2D eigenvalue weighted by molar-refractivity contribution is 7.99. The van der Waals surface area contributed by atoms with Gasteiger partial charge >= 0.3 is 0 Å². The van der Waals surface area contributed by atoms with Crippen LogP contribution >= 0.6 is 34.7 Å². The molecule has 2 aromatic heterocycles. The Labute approximate surface area is 164 Å². The fraction of sp³-hybridized carbons (Fsp3) is 0.278. The summed E-state index contributed by atoms with van der Waals surface area (Å²) in [5.74, 6) is 0.930. The van der Waals surface area contributed by atoms with Crippen molar-refractivity contribution in [1.82, 2.24) is 9.97 Å². The fourth-order valence-electron chi connectivity index (χ4n) is 2.42. The minimum Gasteiger partial charge on any atom is -0.325 e. The van der Waals surface area contributed by atoms with Gasteiger partial charge in [0.15, 0.2) is 0 Å². The first-order chi connectivity index (χ1) is 12.3. The molecule has 1 aromatic carbocycles. The number of aromatic nitrogens is 2. The van der Waals surface area contributed by atoms with Crippen LogP contribution in [0.2, 0.25) is 5.02 Å². The molecule has 0 radical (unpaired) electrons. The first-order valence-corrected chi connectivity index (χ1v) is 10.3. The molecule has 5 nitrogen and oxygen atoms in total. The van der Waals surface area contributed by atoms with Gasteiger partial charge in [0.25, 0.3) is 5.56 Å². The second-order valence-electron chi connectivity index (χ2n) is 5.93. The van der Waals surface area contributed by atoms with Crippen molar-refractivity contribution in [3.8, 4) is 0 Å². The summed E-state index contributed by atoms with van der Waals surface area (Å²) in [6, 6.07) is 6.96.